The van der Waals surface area contributed by atoms with Crippen molar-refractivity contribution in [2.45, 2.75) is 26.3 Å². The number of piperazine rings is 1. The number of carbonyl (C=O) groups is 1. The van der Waals surface area contributed by atoms with Crippen molar-refractivity contribution in [3.63, 3.8) is 0 Å². The van der Waals surface area contributed by atoms with Crippen LogP contribution in [-0.4, -0.2) is 56.7 Å². The fourth-order valence-electron chi connectivity index (χ4n) is 2.87. The SMILES string of the molecule is COc1cc(CCNC(C)C(=O)N2CCNCC2)c(C)cc1N. The molecule has 1 aliphatic rings. The molecule has 0 aliphatic carbocycles. The van der Waals surface area contributed by atoms with Crippen LogP contribution in [0.4, 0.5) is 5.69 Å². The van der Waals surface area contributed by atoms with Gasteiger partial charge in [-0.15, -0.1) is 0 Å². The average Bonchev–Trinajstić information content (AvgIpc) is 2.56. The van der Waals surface area contributed by atoms with Crippen LogP contribution >= 0.6 is 0 Å². The number of ether oxygens (including phenoxy) is 1. The Bertz CT molecular complexity index is 542. The maximum absolute atomic E-state index is 12.4. The number of nitrogen functional groups attached to an aromatic ring is 1. The Morgan fingerprint density at radius 3 is 2.78 bits per heavy atom. The van der Waals surface area contributed by atoms with Crippen molar-refractivity contribution in [2.24, 2.45) is 0 Å². The lowest BCUT2D eigenvalue weighted by molar-refractivity contribution is -0.133. The molecular formula is C17H28N4O2. The normalized spacial score (nSPS) is 16.2. The summed E-state index contributed by atoms with van der Waals surface area (Å²) in [5, 5.41) is 6.58. The van der Waals surface area contributed by atoms with Crippen molar-refractivity contribution in [2.75, 3.05) is 45.6 Å². The van der Waals surface area contributed by atoms with Gasteiger partial charge < -0.3 is 26.0 Å². The Labute approximate surface area is 138 Å². The standard InChI is InChI=1S/C17H28N4O2/c1-12-10-15(18)16(23-3)11-14(12)4-5-20-13(2)17(22)21-8-6-19-7-9-21/h10-11,13,19-20H,4-9,18H2,1-3H3. The molecule has 4 N–H and O–H groups in total. The number of aryl methyl sites for hydroxylation is 1. The predicted molar refractivity (Wildman–Crippen MR) is 92.8 cm³/mol. The maximum atomic E-state index is 12.4. The Morgan fingerprint density at radius 1 is 1.43 bits per heavy atom. The van der Waals surface area contributed by atoms with E-state index in [4.69, 9.17) is 10.5 Å². The molecule has 1 fully saturated rings. The van der Waals surface area contributed by atoms with Gasteiger partial charge in [0.05, 0.1) is 18.8 Å². The molecule has 1 saturated heterocycles. The summed E-state index contributed by atoms with van der Waals surface area (Å²) >= 11 is 0. The van der Waals surface area contributed by atoms with Gasteiger partial charge in [0.1, 0.15) is 5.75 Å². The van der Waals surface area contributed by atoms with Crippen molar-refractivity contribution < 1.29 is 9.53 Å². The Balaban J connectivity index is 1.85. The summed E-state index contributed by atoms with van der Waals surface area (Å²) in [4.78, 5) is 14.3. The van der Waals surface area contributed by atoms with E-state index in [1.54, 1.807) is 7.11 Å². The second-order valence-electron chi connectivity index (χ2n) is 6.02. The van der Waals surface area contributed by atoms with Gasteiger partial charge in [0.15, 0.2) is 0 Å². The lowest BCUT2D eigenvalue weighted by Crippen LogP contribution is -2.52. The number of nitrogens with zero attached hydrogens (tertiary/aromatic N) is 1. The number of anilines is 1. The van der Waals surface area contributed by atoms with Gasteiger partial charge in [-0.1, -0.05) is 0 Å². The molecule has 0 aromatic heterocycles. The number of methoxy groups -OCH3 is 1. The zero-order chi connectivity index (χ0) is 16.8. The predicted octanol–water partition coefficient (Wildman–Crippen LogP) is 0.538. The molecule has 2 rings (SSSR count). The lowest BCUT2D eigenvalue weighted by Gasteiger charge is -2.30. The zero-order valence-electron chi connectivity index (χ0n) is 14.3. The number of hydrogen-bond acceptors (Lipinski definition) is 5. The molecule has 1 unspecified atom stereocenters. The van der Waals surface area contributed by atoms with Crippen LogP contribution in [0.15, 0.2) is 12.1 Å². The first-order valence-corrected chi connectivity index (χ1v) is 8.18. The van der Waals surface area contributed by atoms with E-state index in [0.717, 1.165) is 44.7 Å². The average molecular weight is 320 g/mol. The molecule has 6 heteroatoms. The highest BCUT2D eigenvalue weighted by Crippen LogP contribution is 2.25. The van der Waals surface area contributed by atoms with Gasteiger partial charge >= 0.3 is 0 Å². The van der Waals surface area contributed by atoms with Crippen LogP contribution < -0.4 is 21.1 Å². The molecule has 1 heterocycles. The van der Waals surface area contributed by atoms with Crippen LogP contribution in [0.25, 0.3) is 0 Å². The summed E-state index contributed by atoms with van der Waals surface area (Å²) in [5.41, 5.74) is 8.89. The van der Waals surface area contributed by atoms with Crippen molar-refractivity contribution in [1.82, 2.24) is 15.5 Å². The smallest absolute Gasteiger partial charge is 0.239 e. The first kappa shape index (κ1) is 17.6. The number of nitrogens with two attached hydrogens (primary N) is 1. The van der Waals surface area contributed by atoms with Crippen LogP contribution in [0, 0.1) is 6.92 Å². The molecule has 1 amide bonds. The summed E-state index contributed by atoms with van der Waals surface area (Å²) in [6.07, 6.45) is 0.835. The quantitative estimate of drug-likeness (QED) is 0.667. The number of benzene rings is 1. The van der Waals surface area contributed by atoms with Crippen LogP contribution in [0.5, 0.6) is 5.75 Å². The second-order valence-corrected chi connectivity index (χ2v) is 6.02. The number of hydrogen-bond donors (Lipinski definition) is 3. The minimum Gasteiger partial charge on any atom is -0.495 e. The monoisotopic (exact) mass is 320 g/mol. The highest BCUT2D eigenvalue weighted by Gasteiger charge is 2.21. The Kier molecular flexibility index (Phi) is 6.24. The van der Waals surface area contributed by atoms with Crippen molar-refractivity contribution in [1.29, 1.82) is 0 Å². The summed E-state index contributed by atoms with van der Waals surface area (Å²) in [7, 11) is 1.62. The third-order valence-corrected chi connectivity index (χ3v) is 4.33. The van der Waals surface area contributed by atoms with E-state index in [2.05, 4.69) is 10.6 Å². The fourth-order valence-corrected chi connectivity index (χ4v) is 2.87. The molecule has 0 saturated carbocycles. The summed E-state index contributed by atoms with van der Waals surface area (Å²) < 4.78 is 5.27. The molecule has 0 radical (unpaired) electrons. The molecule has 1 aliphatic heterocycles. The molecule has 128 valence electrons. The van der Waals surface area contributed by atoms with Crippen LogP contribution in [0.1, 0.15) is 18.1 Å². The van der Waals surface area contributed by atoms with Gasteiger partial charge in [0.25, 0.3) is 0 Å². The van der Waals surface area contributed by atoms with Crippen molar-refractivity contribution in [3.8, 4) is 5.75 Å². The van der Waals surface area contributed by atoms with Gasteiger partial charge in [0.2, 0.25) is 5.91 Å². The highest BCUT2D eigenvalue weighted by molar-refractivity contribution is 5.81. The van der Waals surface area contributed by atoms with Crippen molar-refractivity contribution >= 4 is 11.6 Å². The lowest BCUT2D eigenvalue weighted by atomic mass is 10.0. The van der Waals surface area contributed by atoms with Gasteiger partial charge in [0, 0.05) is 26.2 Å². The number of carbonyl (C=O) groups excluding carboxylic acids is 1. The molecule has 1 atom stereocenters. The third kappa shape index (κ3) is 4.59. The second kappa shape index (κ2) is 8.17. The minimum absolute atomic E-state index is 0.163. The number of nitrogens with one attached hydrogen (secondary N) is 2. The Morgan fingerprint density at radius 2 is 2.13 bits per heavy atom. The molecular weight excluding hydrogens is 292 g/mol. The van der Waals surface area contributed by atoms with E-state index < -0.39 is 0 Å². The molecule has 23 heavy (non-hydrogen) atoms. The minimum atomic E-state index is -0.163. The first-order chi connectivity index (χ1) is 11.0. The van der Waals surface area contributed by atoms with E-state index in [-0.39, 0.29) is 11.9 Å². The van der Waals surface area contributed by atoms with E-state index in [1.165, 1.54) is 5.56 Å². The highest BCUT2D eigenvalue weighted by atomic mass is 16.5. The Hall–Kier alpha value is -1.79. The largest absolute Gasteiger partial charge is 0.495 e. The number of amides is 1. The van der Waals surface area contributed by atoms with Crippen LogP contribution in [0.3, 0.4) is 0 Å². The maximum Gasteiger partial charge on any atom is 0.239 e. The number of rotatable bonds is 6. The zero-order valence-corrected chi connectivity index (χ0v) is 14.3. The van der Waals surface area contributed by atoms with E-state index in [0.29, 0.717) is 11.4 Å². The summed E-state index contributed by atoms with van der Waals surface area (Å²) in [6.45, 7) is 8.05. The van der Waals surface area contributed by atoms with Crippen LogP contribution in [-0.2, 0) is 11.2 Å². The van der Waals surface area contributed by atoms with Crippen molar-refractivity contribution in [3.05, 3.63) is 23.3 Å². The van der Waals surface area contributed by atoms with Crippen LogP contribution in [0.2, 0.25) is 0 Å². The van der Waals surface area contributed by atoms with E-state index >= 15 is 0 Å². The summed E-state index contributed by atoms with van der Waals surface area (Å²) in [5.74, 6) is 0.883. The van der Waals surface area contributed by atoms with Gasteiger partial charge in [-0.25, -0.2) is 0 Å². The third-order valence-electron chi connectivity index (χ3n) is 4.33. The molecule has 1 aromatic rings. The molecule has 0 spiro atoms. The molecule has 0 bridgehead atoms. The fraction of sp³-hybridized carbons (Fsp3) is 0.588. The summed E-state index contributed by atoms with van der Waals surface area (Å²) in [6, 6.07) is 3.75. The van der Waals surface area contributed by atoms with E-state index in [1.807, 2.05) is 30.9 Å². The molecule has 1 aromatic carbocycles. The first-order valence-electron chi connectivity index (χ1n) is 8.18. The molecule has 6 nitrogen and oxygen atoms in total. The van der Waals surface area contributed by atoms with E-state index in [9.17, 15) is 4.79 Å². The topological polar surface area (TPSA) is 79.6 Å². The van der Waals surface area contributed by atoms with Gasteiger partial charge in [-0.05, 0) is 50.1 Å². The van der Waals surface area contributed by atoms with Gasteiger partial charge in [-0.3, -0.25) is 4.79 Å². The van der Waals surface area contributed by atoms with Gasteiger partial charge in [-0.2, -0.15) is 0 Å².